The van der Waals surface area contributed by atoms with Crippen molar-refractivity contribution < 1.29 is 4.39 Å². The number of aryl methyl sites for hydroxylation is 1. The second-order valence-electron chi connectivity index (χ2n) is 5.64. The Hall–Kier alpha value is -1.09. The topological polar surface area (TPSA) is 15.3 Å². The number of hydrogen-bond acceptors (Lipinski definition) is 2. The van der Waals surface area contributed by atoms with Crippen LogP contribution in [0.5, 0.6) is 0 Å². The summed E-state index contributed by atoms with van der Waals surface area (Å²) in [7, 11) is 0. The van der Waals surface area contributed by atoms with Gasteiger partial charge >= 0.3 is 0 Å². The molecule has 19 heavy (non-hydrogen) atoms. The van der Waals surface area contributed by atoms with Gasteiger partial charge in [-0.2, -0.15) is 0 Å². The second kappa shape index (κ2) is 6.38. The predicted octanol–water partition coefficient (Wildman–Crippen LogP) is 3.49. The minimum atomic E-state index is -0.0887. The summed E-state index contributed by atoms with van der Waals surface area (Å²) in [6, 6.07) is 6.40. The second-order valence-corrected chi connectivity index (χ2v) is 5.64. The summed E-state index contributed by atoms with van der Waals surface area (Å²) in [4.78, 5) is 2.23. The van der Waals surface area contributed by atoms with E-state index in [0.29, 0.717) is 12.1 Å². The molecule has 0 aromatic heterocycles. The van der Waals surface area contributed by atoms with E-state index in [9.17, 15) is 4.39 Å². The maximum Gasteiger partial charge on any atom is 0.146 e. The highest BCUT2D eigenvalue weighted by Crippen LogP contribution is 2.25. The fourth-order valence-corrected chi connectivity index (χ4v) is 2.91. The summed E-state index contributed by atoms with van der Waals surface area (Å²) in [5, 5.41) is 3.65. The highest BCUT2D eigenvalue weighted by Gasteiger charge is 2.20. The molecule has 2 nitrogen and oxygen atoms in total. The largest absolute Gasteiger partial charge is 0.369 e. The monoisotopic (exact) mass is 264 g/mol. The maximum absolute atomic E-state index is 14.1. The van der Waals surface area contributed by atoms with Gasteiger partial charge in [0, 0.05) is 25.2 Å². The van der Waals surface area contributed by atoms with Crippen LogP contribution in [0, 0.1) is 12.7 Å². The van der Waals surface area contributed by atoms with Gasteiger partial charge in [0.2, 0.25) is 0 Å². The molecule has 2 rings (SSSR count). The molecule has 0 aliphatic carbocycles. The third kappa shape index (κ3) is 3.47. The molecule has 0 bridgehead atoms. The van der Waals surface area contributed by atoms with Crippen molar-refractivity contribution in [2.24, 2.45) is 0 Å². The van der Waals surface area contributed by atoms with E-state index >= 15 is 0 Å². The van der Waals surface area contributed by atoms with E-state index in [1.165, 1.54) is 0 Å². The van der Waals surface area contributed by atoms with Crippen LogP contribution in [0.15, 0.2) is 18.2 Å². The van der Waals surface area contributed by atoms with Gasteiger partial charge in [-0.1, -0.05) is 19.1 Å². The SMILES string of the molecule is CCC1CCN(c2c(C)cccc2F)CCC(C)N1. The summed E-state index contributed by atoms with van der Waals surface area (Å²) in [5.74, 6) is -0.0887. The van der Waals surface area contributed by atoms with Crippen LogP contribution in [0.1, 0.15) is 38.7 Å². The highest BCUT2D eigenvalue weighted by atomic mass is 19.1. The molecule has 106 valence electrons. The van der Waals surface area contributed by atoms with Crippen molar-refractivity contribution in [1.82, 2.24) is 5.32 Å². The Kier molecular flexibility index (Phi) is 4.81. The fourth-order valence-electron chi connectivity index (χ4n) is 2.91. The molecule has 2 unspecified atom stereocenters. The van der Waals surface area contributed by atoms with Crippen LogP contribution in [0.3, 0.4) is 0 Å². The van der Waals surface area contributed by atoms with Gasteiger partial charge in [-0.15, -0.1) is 0 Å². The number of benzene rings is 1. The van der Waals surface area contributed by atoms with E-state index in [4.69, 9.17) is 0 Å². The molecular weight excluding hydrogens is 239 g/mol. The number of para-hydroxylation sites is 1. The lowest BCUT2D eigenvalue weighted by molar-refractivity contribution is 0.377. The van der Waals surface area contributed by atoms with Crippen LogP contribution < -0.4 is 10.2 Å². The van der Waals surface area contributed by atoms with E-state index in [-0.39, 0.29) is 5.82 Å². The zero-order chi connectivity index (χ0) is 13.8. The Labute approximate surface area is 116 Å². The summed E-state index contributed by atoms with van der Waals surface area (Å²) in [6.07, 6.45) is 3.27. The molecular formula is C16H25FN2. The lowest BCUT2D eigenvalue weighted by Gasteiger charge is -2.34. The van der Waals surface area contributed by atoms with Gasteiger partial charge in [0.15, 0.2) is 0 Å². The summed E-state index contributed by atoms with van der Waals surface area (Å²) in [5.41, 5.74) is 1.83. The molecule has 0 amide bonds. The lowest BCUT2D eigenvalue weighted by Crippen LogP contribution is -2.44. The first-order valence-electron chi connectivity index (χ1n) is 7.38. The van der Waals surface area contributed by atoms with Gasteiger partial charge in [0.05, 0.1) is 5.69 Å². The first kappa shape index (κ1) is 14.3. The Bertz CT molecular complexity index is 399. The van der Waals surface area contributed by atoms with E-state index < -0.39 is 0 Å². The molecule has 3 heteroatoms. The molecule has 2 atom stereocenters. The van der Waals surface area contributed by atoms with Crippen molar-refractivity contribution in [1.29, 1.82) is 0 Å². The van der Waals surface area contributed by atoms with Crippen LogP contribution in [0.25, 0.3) is 0 Å². The number of hydrogen-bond donors (Lipinski definition) is 1. The molecule has 0 radical (unpaired) electrons. The molecule has 0 saturated carbocycles. The maximum atomic E-state index is 14.1. The number of nitrogens with zero attached hydrogens (tertiary/aromatic N) is 1. The molecule has 1 aromatic rings. The smallest absolute Gasteiger partial charge is 0.146 e. The van der Waals surface area contributed by atoms with Crippen LogP contribution in [-0.4, -0.2) is 25.2 Å². The Balaban J connectivity index is 2.19. The summed E-state index contributed by atoms with van der Waals surface area (Å²) >= 11 is 0. The minimum absolute atomic E-state index is 0.0887. The Morgan fingerprint density at radius 3 is 2.74 bits per heavy atom. The van der Waals surface area contributed by atoms with Crippen molar-refractivity contribution in [3.05, 3.63) is 29.6 Å². The predicted molar refractivity (Wildman–Crippen MR) is 79.3 cm³/mol. The minimum Gasteiger partial charge on any atom is -0.369 e. The number of halogens is 1. The van der Waals surface area contributed by atoms with Gasteiger partial charge in [0.1, 0.15) is 5.82 Å². The standard InChI is InChI=1S/C16H25FN2/c1-4-14-9-11-19(10-8-13(3)18-14)16-12(2)6-5-7-15(16)17/h5-7,13-14,18H,4,8-11H2,1-3H3. The number of anilines is 1. The van der Waals surface area contributed by atoms with E-state index in [1.54, 1.807) is 12.1 Å². The third-order valence-corrected chi connectivity index (χ3v) is 4.10. The summed E-state index contributed by atoms with van der Waals surface area (Å²) < 4.78 is 14.1. The highest BCUT2D eigenvalue weighted by molar-refractivity contribution is 5.54. The normalized spacial score (nSPS) is 24.9. The molecule has 1 saturated heterocycles. The average molecular weight is 264 g/mol. The number of rotatable bonds is 2. The average Bonchev–Trinajstić information content (AvgIpc) is 2.36. The molecule has 1 aliphatic heterocycles. The first-order chi connectivity index (χ1) is 9.11. The van der Waals surface area contributed by atoms with Crippen molar-refractivity contribution in [2.75, 3.05) is 18.0 Å². The van der Waals surface area contributed by atoms with Gasteiger partial charge in [0.25, 0.3) is 0 Å². The zero-order valence-electron chi connectivity index (χ0n) is 12.2. The van der Waals surface area contributed by atoms with E-state index in [1.807, 2.05) is 13.0 Å². The van der Waals surface area contributed by atoms with Crippen molar-refractivity contribution in [3.63, 3.8) is 0 Å². The molecule has 1 N–H and O–H groups in total. The fraction of sp³-hybridized carbons (Fsp3) is 0.625. The summed E-state index contributed by atoms with van der Waals surface area (Å²) in [6.45, 7) is 8.29. The van der Waals surface area contributed by atoms with Crippen LogP contribution >= 0.6 is 0 Å². The Morgan fingerprint density at radius 1 is 1.32 bits per heavy atom. The van der Waals surface area contributed by atoms with Gasteiger partial charge in [-0.3, -0.25) is 0 Å². The van der Waals surface area contributed by atoms with Gasteiger partial charge in [-0.25, -0.2) is 4.39 Å². The molecule has 1 aromatic carbocycles. The molecule has 1 heterocycles. The van der Waals surface area contributed by atoms with E-state index in [2.05, 4.69) is 24.1 Å². The Morgan fingerprint density at radius 2 is 2.05 bits per heavy atom. The van der Waals surface area contributed by atoms with Crippen molar-refractivity contribution >= 4 is 5.69 Å². The van der Waals surface area contributed by atoms with Gasteiger partial charge < -0.3 is 10.2 Å². The number of nitrogens with one attached hydrogen (secondary N) is 1. The third-order valence-electron chi connectivity index (χ3n) is 4.10. The van der Waals surface area contributed by atoms with E-state index in [0.717, 1.165) is 43.6 Å². The van der Waals surface area contributed by atoms with Crippen LogP contribution in [0.2, 0.25) is 0 Å². The van der Waals surface area contributed by atoms with Crippen molar-refractivity contribution in [3.8, 4) is 0 Å². The molecule has 1 aliphatic rings. The lowest BCUT2D eigenvalue weighted by atomic mass is 10.0. The first-order valence-corrected chi connectivity index (χ1v) is 7.38. The zero-order valence-corrected chi connectivity index (χ0v) is 12.2. The molecule has 1 fully saturated rings. The molecule has 0 spiro atoms. The van der Waals surface area contributed by atoms with Gasteiger partial charge in [-0.05, 0) is 44.7 Å². The van der Waals surface area contributed by atoms with Crippen LogP contribution in [-0.2, 0) is 0 Å². The van der Waals surface area contributed by atoms with Crippen LogP contribution in [0.4, 0.5) is 10.1 Å². The van der Waals surface area contributed by atoms with Crippen molar-refractivity contribution in [2.45, 2.75) is 52.1 Å². The quantitative estimate of drug-likeness (QED) is 0.879.